The van der Waals surface area contributed by atoms with Crippen LogP contribution in [0.25, 0.3) is 0 Å². The summed E-state index contributed by atoms with van der Waals surface area (Å²) in [5.41, 5.74) is 7.49. The molecule has 0 aromatic heterocycles. The molecule has 15 heavy (non-hydrogen) atoms. The third-order valence-electron chi connectivity index (χ3n) is 2.82. The van der Waals surface area contributed by atoms with E-state index >= 15 is 0 Å². The van der Waals surface area contributed by atoms with Crippen LogP contribution in [0.4, 0.5) is 5.69 Å². The van der Waals surface area contributed by atoms with Gasteiger partial charge >= 0.3 is 5.97 Å². The molecule has 1 aromatic carbocycles. The number of fused-ring (bicyclic) bond motifs is 1. The van der Waals surface area contributed by atoms with Crippen LogP contribution in [0.5, 0.6) is 0 Å². The molecule has 1 aliphatic heterocycles. The summed E-state index contributed by atoms with van der Waals surface area (Å²) >= 11 is 0. The highest BCUT2D eigenvalue weighted by Crippen LogP contribution is 2.37. The van der Waals surface area contributed by atoms with Gasteiger partial charge in [0.25, 0.3) is 0 Å². The second-order valence-corrected chi connectivity index (χ2v) is 3.73. The molecule has 4 N–H and O–H groups in total. The van der Waals surface area contributed by atoms with Crippen molar-refractivity contribution in [1.82, 2.24) is 0 Å². The Hall–Kier alpha value is -1.55. The fourth-order valence-corrected chi connectivity index (χ4v) is 2.14. The summed E-state index contributed by atoms with van der Waals surface area (Å²) in [6.07, 6.45) is 0.695. The quantitative estimate of drug-likeness (QED) is 0.689. The second-order valence-electron chi connectivity index (χ2n) is 3.73. The van der Waals surface area contributed by atoms with Crippen LogP contribution in [0.15, 0.2) is 24.3 Å². The number of hydrogen-bond acceptors (Lipinski definition) is 3. The topological polar surface area (TPSA) is 75.3 Å². The molecule has 2 atom stereocenters. The van der Waals surface area contributed by atoms with E-state index in [4.69, 9.17) is 10.8 Å². The van der Waals surface area contributed by atoms with Gasteiger partial charge in [0.15, 0.2) is 0 Å². The third-order valence-corrected chi connectivity index (χ3v) is 2.82. The van der Waals surface area contributed by atoms with E-state index in [1.54, 1.807) is 0 Å². The molecule has 1 heterocycles. The molecule has 0 spiro atoms. The Morgan fingerprint density at radius 2 is 2.20 bits per heavy atom. The summed E-state index contributed by atoms with van der Waals surface area (Å²) in [6.45, 7) is 0.504. The van der Waals surface area contributed by atoms with E-state index in [0.717, 1.165) is 11.3 Å². The molecule has 4 heteroatoms. The molecule has 4 nitrogen and oxygen atoms in total. The van der Waals surface area contributed by atoms with E-state index in [2.05, 4.69) is 5.32 Å². The molecule has 2 rings (SSSR count). The molecule has 0 amide bonds. The summed E-state index contributed by atoms with van der Waals surface area (Å²) in [4.78, 5) is 11.1. The van der Waals surface area contributed by atoms with Crippen molar-refractivity contribution in [1.29, 1.82) is 0 Å². The minimum Gasteiger partial charge on any atom is -0.480 e. The lowest BCUT2D eigenvalue weighted by Gasteiger charge is -2.15. The van der Waals surface area contributed by atoms with Gasteiger partial charge in [-0.25, -0.2) is 4.79 Å². The molecule has 0 saturated heterocycles. The third kappa shape index (κ3) is 1.68. The van der Waals surface area contributed by atoms with Crippen molar-refractivity contribution in [2.45, 2.75) is 18.4 Å². The first-order valence-electron chi connectivity index (χ1n) is 5.02. The highest BCUT2D eigenvalue weighted by Gasteiger charge is 2.35. The van der Waals surface area contributed by atoms with Crippen molar-refractivity contribution in [3.8, 4) is 0 Å². The van der Waals surface area contributed by atoms with Crippen LogP contribution in [0.3, 0.4) is 0 Å². The molecule has 80 valence electrons. The van der Waals surface area contributed by atoms with Crippen molar-refractivity contribution >= 4 is 11.7 Å². The lowest BCUT2D eigenvalue weighted by molar-refractivity contribution is -0.138. The van der Waals surface area contributed by atoms with Gasteiger partial charge in [-0.1, -0.05) is 18.2 Å². The molecule has 2 unspecified atom stereocenters. The van der Waals surface area contributed by atoms with Gasteiger partial charge in [0.05, 0.1) is 0 Å². The Balaban J connectivity index is 2.33. The van der Waals surface area contributed by atoms with Gasteiger partial charge in [0, 0.05) is 11.6 Å². The zero-order valence-corrected chi connectivity index (χ0v) is 8.31. The molecular weight excluding hydrogens is 192 g/mol. The highest BCUT2D eigenvalue weighted by atomic mass is 16.4. The number of benzene rings is 1. The molecule has 1 aliphatic rings. The Kier molecular flexibility index (Phi) is 2.60. The monoisotopic (exact) mass is 206 g/mol. The maximum atomic E-state index is 11.1. The van der Waals surface area contributed by atoms with E-state index in [0.29, 0.717) is 13.0 Å². The van der Waals surface area contributed by atoms with Crippen LogP contribution in [0, 0.1) is 0 Å². The molecular formula is C11H14N2O2. The number of carboxylic acids is 1. The Bertz CT molecular complexity index is 379. The number of anilines is 1. The number of aliphatic carboxylic acids is 1. The maximum Gasteiger partial charge on any atom is 0.326 e. The summed E-state index contributed by atoms with van der Waals surface area (Å²) in [7, 11) is 0. The SMILES string of the molecule is NCCC1c2ccccc2NC1C(=O)O. The van der Waals surface area contributed by atoms with Crippen LogP contribution in [0.1, 0.15) is 17.9 Å². The molecule has 0 radical (unpaired) electrons. The number of nitrogens with two attached hydrogens (primary N) is 1. The predicted octanol–water partition coefficient (Wildman–Crippen LogP) is 0.998. The van der Waals surface area contributed by atoms with Gasteiger partial charge in [0.1, 0.15) is 6.04 Å². The normalized spacial score (nSPS) is 23.3. The van der Waals surface area contributed by atoms with Crippen molar-refractivity contribution < 1.29 is 9.90 Å². The maximum absolute atomic E-state index is 11.1. The zero-order valence-electron chi connectivity index (χ0n) is 8.31. The van der Waals surface area contributed by atoms with E-state index < -0.39 is 12.0 Å². The minimum absolute atomic E-state index is 0.0105. The summed E-state index contributed by atoms with van der Waals surface area (Å²) < 4.78 is 0. The zero-order chi connectivity index (χ0) is 10.8. The molecule has 0 aliphatic carbocycles. The van der Waals surface area contributed by atoms with Crippen LogP contribution in [-0.2, 0) is 4.79 Å². The Labute approximate surface area is 88.1 Å². The van der Waals surface area contributed by atoms with E-state index in [-0.39, 0.29) is 5.92 Å². The van der Waals surface area contributed by atoms with Gasteiger partial charge in [0.2, 0.25) is 0 Å². The standard InChI is InChI=1S/C11H14N2O2/c12-6-5-8-7-3-1-2-4-9(7)13-10(8)11(14)15/h1-4,8,10,13H,5-6,12H2,(H,14,15). The van der Waals surface area contributed by atoms with Crippen molar-refractivity contribution in [2.75, 3.05) is 11.9 Å². The van der Waals surface area contributed by atoms with Gasteiger partial charge in [-0.3, -0.25) is 0 Å². The fourth-order valence-electron chi connectivity index (χ4n) is 2.14. The lowest BCUT2D eigenvalue weighted by Crippen LogP contribution is -2.31. The number of rotatable bonds is 3. The first-order valence-corrected chi connectivity index (χ1v) is 5.02. The predicted molar refractivity (Wildman–Crippen MR) is 57.9 cm³/mol. The van der Waals surface area contributed by atoms with E-state index in [1.807, 2.05) is 24.3 Å². The largest absolute Gasteiger partial charge is 0.480 e. The minimum atomic E-state index is -0.815. The van der Waals surface area contributed by atoms with Crippen LogP contribution < -0.4 is 11.1 Å². The average molecular weight is 206 g/mol. The highest BCUT2D eigenvalue weighted by molar-refractivity contribution is 5.82. The van der Waals surface area contributed by atoms with Gasteiger partial charge in [-0.05, 0) is 24.6 Å². The van der Waals surface area contributed by atoms with Crippen LogP contribution >= 0.6 is 0 Å². The van der Waals surface area contributed by atoms with E-state index in [1.165, 1.54) is 0 Å². The summed E-state index contributed by atoms with van der Waals surface area (Å²) in [5, 5.41) is 12.1. The second kappa shape index (κ2) is 3.90. The molecule has 1 aromatic rings. The van der Waals surface area contributed by atoms with E-state index in [9.17, 15) is 4.79 Å². The number of carboxylic acid groups (broad SMARTS) is 1. The van der Waals surface area contributed by atoms with Crippen molar-refractivity contribution in [3.63, 3.8) is 0 Å². The molecule has 0 saturated carbocycles. The first-order chi connectivity index (χ1) is 7.24. The number of para-hydroxylation sites is 1. The summed E-state index contributed by atoms with van der Waals surface area (Å²) in [5.74, 6) is -0.826. The number of nitrogens with one attached hydrogen (secondary N) is 1. The number of carbonyl (C=O) groups is 1. The summed E-state index contributed by atoms with van der Waals surface area (Å²) in [6, 6.07) is 7.16. The van der Waals surface area contributed by atoms with Gasteiger partial charge < -0.3 is 16.2 Å². The molecule has 0 bridgehead atoms. The average Bonchev–Trinajstić information content (AvgIpc) is 2.58. The molecule has 0 fully saturated rings. The van der Waals surface area contributed by atoms with Crippen LogP contribution in [-0.4, -0.2) is 23.7 Å². The van der Waals surface area contributed by atoms with Crippen molar-refractivity contribution in [2.24, 2.45) is 5.73 Å². The number of hydrogen-bond donors (Lipinski definition) is 3. The van der Waals surface area contributed by atoms with Crippen molar-refractivity contribution in [3.05, 3.63) is 29.8 Å². The first kappa shape index (κ1) is 9.98. The Morgan fingerprint density at radius 3 is 2.87 bits per heavy atom. The van der Waals surface area contributed by atoms with Gasteiger partial charge in [-0.2, -0.15) is 0 Å². The fraction of sp³-hybridized carbons (Fsp3) is 0.364. The van der Waals surface area contributed by atoms with Gasteiger partial charge in [-0.15, -0.1) is 0 Å². The van der Waals surface area contributed by atoms with Crippen LogP contribution in [0.2, 0.25) is 0 Å². The lowest BCUT2D eigenvalue weighted by atomic mass is 9.92. The smallest absolute Gasteiger partial charge is 0.326 e. The Morgan fingerprint density at radius 1 is 1.47 bits per heavy atom.